The predicted octanol–water partition coefficient (Wildman–Crippen LogP) is 8.46. The summed E-state index contributed by atoms with van der Waals surface area (Å²) in [5.41, 5.74) is 4.64. The van der Waals surface area contributed by atoms with Crippen LogP contribution in [0.2, 0.25) is 0 Å². The van der Waals surface area contributed by atoms with E-state index in [2.05, 4.69) is 102 Å². The van der Waals surface area contributed by atoms with Crippen molar-refractivity contribution in [2.45, 2.75) is 0 Å². The van der Waals surface area contributed by atoms with Gasteiger partial charge in [0.25, 0.3) is 0 Å². The van der Waals surface area contributed by atoms with Gasteiger partial charge in [-0.05, 0) is 56.1 Å². The van der Waals surface area contributed by atoms with Gasteiger partial charge < -0.3 is 9.72 Å². The lowest BCUT2D eigenvalue weighted by atomic mass is 9.90. The number of hydrogen-bond acceptors (Lipinski definition) is 1. The molecule has 7 aromatic rings. The highest BCUT2D eigenvalue weighted by molar-refractivity contribution is 6.26. The molecule has 0 aliphatic carbocycles. The summed E-state index contributed by atoms with van der Waals surface area (Å²) in [5, 5.41) is 9.94. The van der Waals surface area contributed by atoms with Crippen molar-refractivity contribution in [2.75, 3.05) is 7.11 Å². The minimum atomic E-state index is 0.863. The summed E-state index contributed by atoms with van der Waals surface area (Å²) >= 11 is 0. The third-order valence-corrected chi connectivity index (χ3v) is 6.85. The van der Waals surface area contributed by atoms with Crippen LogP contribution in [-0.2, 0) is 0 Å². The lowest BCUT2D eigenvalue weighted by molar-refractivity contribution is 0.419. The third-order valence-electron chi connectivity index (χ3n) is 6.85. The van der Waals surface area contributed by atoms with Gasteiger partial charge in [0.1, 0.15) is 5.75 Å². The predicted molar refractivity (Wildman–Crippen MR) is 140 cm³/mol. The largest absolute Gasteiger partial charge is 0.495 e. The van der Waals surface area contributed by atoms with Gasteiger partial charge in [0.15, 0.2) is 0 Å². The second-order valence-corrected chi connectivity index (χ2v) is 8.63. The van der Waals surface area contributed by atoms with E-state index in [0.29, 0.717) is 0 Å². The molecule has 33 heavy (non-hydrogen) atoms. The topological polar surface area (TPSA) is 25.0 Å². The molecule has 0 spiro atoms. The monoisotopic (exact) mass is 423 g/mol. The average Bonchev–Trinajstić information content (AvgIpc) is 3.25. The molecule has 2 heteroatoms. The highest BCUT2D eigenvalue weighted by atomic mass is 16.5. The van der Waals surface area contributed by atoms with Crippen molar-refractivity contribution in [1.82, 2.24) is 4.98 Å². The third kappa shape index (κ3) is 2.61. The van der Waals surface area contributed by atoms with Gasteiger partial charge in [-0.3, -0.25) is 0 Å². The van der Waals surface area contributed by atoms with Crippen molar-refractivity contribution in [1.29, 1.82) is 0 Å². The van der Waals surface area contributed by atoms with Crippen LogP contribution in [0.4, 0.5) is 0 Å². The lowest BCUT2D eigenvalue weighted by Crippen LogP contribution is -1.87. The molecule has 7 rings (SSSR count). The summed E-state index contributed by atoms with van der Waals surface area (Å²) in [6, 6.07) is 37.1. The zero-order valence-corrected chi connectivity index (χ0v) is 18.2. The van der Waals surface area contributed by atoms with Gasteiger partial charge in [0.2, 0.25) is 0 Å². The molecule has 0 radical (unpaired) electrons. The summed E-state index contributed by atoms with van der Waals surface area (Å²) < 4.78 is 5.70. The summed E-state index contributed by atoms with van der Waals surface area (Å²) in [6.45, 7) is 0. The molecule has 156 valence electrons. The Kier molecular flexibility index (Phi) is 3.80. The molecule has 0 saturated carbocycles. The van der Waals surface area contributed by atoms with Crippen LogP contribution in [0.3, 0.4) is 0 Å². The smallest absolute Gasteiger partial charge is 0.142 e. The molecule has 1 N–H and O–H groups in total. The van der Waals surface area contributed by atoms with Crippen LogP contribution in [0.15, 0.2) is 103 Å². The molecule has 0 unspecified atom stereocenters. The molecule has 0 bridgehead atoms. The average molecular weight is 424 g/mol. The highest BCUT2D eigenvalue weighted by Gasteiger charge is 2.18. The number of nitrogens with one attached hydrogen (secondary N) is 1. The number of ether oxygens (including phenoxy) is 1. The van der Waals surface area contributed by atoms with Crippen LogP contribution in [0.1, 0.15) is 0 Å². The molecule has 0 aliphatic rings. The van der Waals surface area contributed by atoms with Crippen LogP contribution >= 0.6 is 0 Å². The van der Waals surface area contributed by atoms with Gasteiger partial charge in [-0.2, -0.15) is 0 Å². The number of aromatic amines is 1. The fourth-order valence-corrected chi connectivity index (χ4v) is 5.33. The first-order chi connectivity index (χ1) is 16.3. The van der Waals surface area contributed by atoms with Crippen LogP contribution in [0, 0.1) is 0 Å². The van der Waals surface area contributed by atoms with Gasteiger partial charge in [0, 0.05) is 16.3 Å². The van der Waals surface area contributed by atoms with E-state index in [1.165, 1.54) is 54.2 Å². The molecule has 0 amide bonds. The maximum atomic E-state index is 5.70. The van der Waals surface area contributed by atoms with E-state index in [1.54, 1.807) is 7.11 Å². The highest BCUT2D eigenvalue weighted by Crippen LogP contribution is 2.43. The van der Waals surface area contributed by atoms with Crippen molar-refractivity contribution in [3.63, 3.8) is 0 Å². The molecular weight excluding hydrogens is 402 g/mol. The Morgan fingerprint density at radius 3 is 2.15 bits per heavy atom. The van der Waals surface area contributed by atoms with E-state index in [9.17, 15) is 0 Å². The van der Waals surface area contributed by atoms with Crippen molar-refractivity contribution >= 4 is 54.1 Å². The van der Waals surface area contributed by atoms with Crippen molar-refractivity contribution < 1.29 is 4.74 Å². The molecule has 2 nitrogen and oxygen atoms in total. The molecular formula is C31H21NO. The summed E-state index contributed by atoms with van der Waals surface area (Å²) in [7, 11) is 1.73. The fourth-order valence-electron chi connectivity index (χ4n) is 5.33. The van der Waals surface area contributed by atoms with E-state index in [4.69, 9.17) is 4.74 Å². The summed E-state index contributed by atoms with van der Waals surface area (Å²) in [4.78, 5) is 3.74. The first-order valence-electron chi connectivity index (χ1n) is 11.2. The number of aromatic nitrogens is 1. The zero-order valence-electron chi connectivity index (χ0n) is 18.2. The van der Waals surface area contributed by atoms with Crippen LogP contribution < -0.4 is 4.74 Å². The Morgan fingerprint density at radius 2 is 1.27 bits per heavy atom. The number of hydrogen-bond donors (Lipinski definition) is 1. The van der Waals surface area contributed by atoms with E-state index in [-0.39, 0.29) is 0 Å². The summed E-state index contributed by atoms with van der Waals surface area (Å²) in [6.07, 6.45) is 0. The quantitative estimate of drug-likeness (QED) is 0.277. The van der Waals surface area contributed by atoms with Crippen molar-refractivity contribution in [3.8, 4) is 16.9 Å². The maximum Gasteiger partial charge on any atom is 0.142 e. The number of para-hydroxylation sites is 1. The van der Waals surface area contributed by atoms with Crippen LogP contribution in [0.5, 0.6) is 5.75 Å². The molecule has 1 aromatic heterocycles. The molecule has 0 saturated heterocycles. The van der Waals surface area contributed by atoms with Gasteiger partial charge in [-0.15, -0.1) is 0 Å². The molecule has 6 aromatic carbocycles. The molecule has 0 atom stereocenters. The number of rotatable bonds is 2. The maximum absolute atomic E-state index is 5.70. The Bertz CT molecular complexity index is 1860. The Hall–Kier alpha value is -4.30. The van der Waals surface area contributed by atoms with E-state index in [1.807, 2.05) is 6.07 Å². The first-order valence-corrected chi connectivity index (χ1v) is 11.2. The minimum absolute atomic E-state index is 0.863. The molecule has 1 heterocycles. The first kappa shape index (κ1) is 18.3. The normalized spacial score (nSPS) is 11.8. The van der Waals surface area contributed by atoms with E-state index >= 15 is 0 Å². The van der Waals surface area contributed by atoms with Gasteiger partial charge in [0.05, 0.1) is 18.1 Å². The second-order valence-electron chi connectivity index (χ2n) is 8.63. The lowest BCUT2D eigenvalue weighted by Gasteiger charge is -2.13. The van der Waals surface area contributed by atoms with E-state index < -0.39 is 0 Å². The van der Waals surface area contributed by atoms with E-state index in [0.717, 1.165) is 16.8 Å². The second kappa shape index (κ2) is 6.85. The van der Waals surface area contributed by atoms with Crippen molar-refractivity contribution in [3.05, 3.63) is 103 Å². The van der Waals surface area contributed by atoms with Gasteiger partial charge in [-0.25, -0.2) is 0 Å². The Balaban J connectivity index is 1.73. The van der Waals surface area contributed by atoms with Crippen LogP contribution in [0.25, 0.3) is 65.3 Å². The number of benzene rings is 6. The fraction of sp³-hybridized carbons (Fsp3) is 0.0323. The SMILES string of the molecule is COc1cccc2c1[nH]c1c(-c3ccc4ccccc4c3)c3c(ccc4ccccc43)cc12. The van der Waals surface area contributed by atoms with Crippen LogP contribution in [-0.4, -0.2) is 12.1 Å². The molecule has 0 fully saturated rings. The standard InChI is InChI=1S/C31H21NO/c1-33-27-12-6-11-25-26-18-23-16-14-20-8-4-5-10-24(20)28(23)29(31(26)32-30(25)27)22-15-13-19-7-2-3-9-21(19)17-22/h2-18,32H,1H3. The zero-order chi connectivity index (χ0) is 21.9. The van der Waals surface area contributed by atoms with Gasteiger partial charge >= 0.3 is 0 Å². The Morgan fingerprint density at radius 1 is 0.545 bits per heavy atom. The van der Waals surface area contributed by atoms with Gasteiger partial charge in [-0.1, -0.05) is 84.9 Å². The molecule has 0 aliphatic heterocycles. The number of H-pyrrole nitrogens is 1. The van der Waals surface area contributed by atoms with Crippen molar-refractivity contribution in [2.24, 2.45) is 0 Å². The summed E-state index contributed by atoms with van der Waals surface area (Å²) in [5.74, 6) is 0.863. The Labute approximate surface area is 191 Å². The number of fused-ring (bicyclic) bond motifs is 7. The minimum Gasteiger partial charge on any atom is -0.495 e. The number of methoxy groups -OCH3 is 1.